The van der Waals surface area contributed by atoms with Gasteiger partial charge in [0.2, 0.25) is 0 Å². The molecule has 1 fully saturated rings. The lowest BCUT2D eigenvalue weighted by atomic mass is 9.76. The topological polar surface area (TPSA) is 42.2 Å². The van der Waals surface area contributed by atoms with E-state index in [-0.39, 0.29) is 12.4 Å². The van der Waals surface area contributed by atoms with Gasteiger partial charge in [-0.15, -0.1) is 23.7 Å². The largest absolute Gasteiger partial charge is 0.375 e. The standard InChI is InChI=1S/C13H23N3S.ClH/c1-13(2,3)10-5-4-6-16(8-10)9-11-7-15-12(14)17-11;/h7,10H,4-6,8-9H2,1-3H3,(H2,14,15);1H. The summed E-state index contributed by atoms with van der Waals surface area (Å²) in [6.45, 7) is 10.5. The molecule has 1 unspecified atom stereocenters. The van der Waals surface area contributed by atoms with Gasteiger partial charge >= 0.3 is 0 Å². The third kappa shape index (κ3) is 4.11. The molecule has 0 saturated carbocycles. The highest BCUT2D eigenvalue weighted by atomic mass is 35.5. The molecular weight excluding hydrogens is 266 g/mol. The van der Waals surface area contributed by atoms with E-state index in [1.54, 1.807) is 11.3 Å². The van der Waals surface area contributed by atoms with Crippen LogP contribution in [0.15, 0.2) is 6.20 Å². The quantitative estimate of drug-likeness (QED) is 0.907. The fourth-order valence-electron chi connectivity index (χ4n) is 2.52. The molecule has 0 bridgehead atoms. The van der Waals surface area contributed by atoms with E-state index in [4.69, 9.17) is 5.73 Å². The molecule has 0 aliphatic carbocycles. The maximum absolute atomic E-state index is 5.67. The predicted octanol–water partition coefficient (Wildman–Crippen LogP) is 3.41. The summed E-state index contributed by atoms with van der Waals surface area (Å²) < 4.78 is 0. The second kappa shape index (κ2) is 6.22. The molecule has 1 aliphatic heterocycles. The van der Waals surface area contributed by atoms with Crippen LogP contribution in [0.4, 0.5) is 5.13 Å². The molecule has 2 N–H and O–H groups in total. The first kappa shape index (κ1) is 15.7. The molecule has 2 heterocycles. The molecule has 18 heavy (non-hydrogen) atoms. The van der Waals surface area contributed by atoms with Crippen LogP contribution >= 0.6 is 23.7 Å². The van der Waals surface area contributed by atoms with Crippen molar-refractivity contribution in [2.45, 2.75) is 40.2 Å². The van der Waals surface area contributed by atoms with Gasteiger partial charge in [-0.25, -0.2) is 4.98 Å². The van der Waals surface area contributed by atoms with Gasteiger partial charge in [0.1, 0.15) is 0 Å². The average Bonchev–Trinajstić information content (AvgIpc) is 2.63. The van der Waals surface area contributed by atoms with E-state index in [0.29, 0.717) is 10.5 Å². The van der Waals surface area contributed by atoms with Crippen molar-refractivity contribution in [2.24, 2.45) is 11.3 Å². The molecule has 2 rings (SSSR count). The van der Waals surface area contributed by atoms with E-state index in [1.165, 1.54) is 30.8 Å². The molecule has 5 heteroatoms. The van der Waals surface area contributed by atoms with Gasteiger partial charge in [0.25, 0.3) is 0 Å². The van der Waals surface area contributed by atoms with Gasteiger partial charge in [-0.05, 0) is 30.7 Å². The van der Waals surface area contributed by atoms with Gasteiger partial charge in [-0.3, -0.25) is 4.90 Å². The minimum absolute atomic E-state index is 0. The third-order valence-corrected chi connectivity index (χ3v) is 4.49. The molecule has 0 spiro atoms. The molecule has 1 saturated heterocycles. The fourth-order valence-corrected chi connectivity index (χ4v) is 3.25. The number of thiazole rings is 1. The summed E-state index contributed by atoms with van der Waals surface area (Å²) in [5.41, 5.74) is 6.09. The van der Waals surface area contributed by atoms with E-state index in [1.807, 2.05) is 6.20 Å². The van der Waals surface area contributed by atoms with Crippen LogP contribution < -0.4 is 5.73 Å². The molecule has 0 radical (unpaired) electrons. The van der Waals surface area contributed by atoms with Gasteiger partial charge in [0.05, 0.1) is 0 Å². The van der Waals surface area contributed by atoms with Crippen molar-refractivity contribution in [3.05, 3.63) is 11.1 Å². The monoisotopic (exact) mass is 289 g/mol. The summed E-state index contributed by atoms with van der Waals surface area (Å²) in [4.78, 5) is 7.96. The first-order valence-electron chi connectivity index (χ1n) is 6.37. The average molecular weight is 290 g/mol. The predicted molar refractivity (Wildman–Crippen MR) is 81.2 cm³/mol. The first-order chi connectivity index (χ1) is 7.95. The van der Waals surface area contributed by atoms with Crippen molar-refractivity contribution in [3.8, 4) is 0 Å². The Hall–Kier alpha value is -0.320. The van der Waals surface area contributed by atoms with Crippen molar-refractivity contribution in [2.75, 3.05) is 18.8 Å². The number of nitrogens with two attached hydrogens (primary N) is 1. The van der Waals surface area contributed by atoms with Gasteiger partial charge in [-0.2, -0.15) is 0 Å². The van der Waals surface area contributed by atoms with Crippen LogP contribution in [0.2, 0.25) is 0 Å². The number of aromatic nitrogens is 1. The van der Waals surface area contributed by atoms with Gasteiger partial charge < -0.3 is 5.73 Å². The van der Waals surface area contributed by atoms with Crippen molar-refractivity contribution in [1.82, 2.24) is 9.88 Å². The Morgan fingerprint density at radius 3 is 2.78 bits per heavy atom. The van der Waals surface area contributed by atoms with E-state index in [2.05, 4.69) is 30.7 Å². The summed E-state index contributed by atoms with van der Waals surface area (Å²) in [5, 5.41) is 0.685. The maximum atomic E-state index is 5.67. The number of hydrogen-bond acceptors (Lipinski definition) is 4. The Bertz CT molecular complexity index is 373. The van der Waals surface area contributed by atoms with Crippen LogP contribution in [0.1, 0.15) is 38.5 Å². The lowest BCUT2D eigenvalue weighted by molar-refractivity contribution is 0.0950. The Morgan fingerprint density at radius 1 is 1.50 bits per heavy atom. The molecule has 104 valence electrons. The molecule has 0 amide bonds. The van der Waals surface area contributed by atoms with Crippen LogP contribution in [-0.4, -0.2) is 23.0 Å². The Labute approximate surface area is 120 Å². The van der Waals surface area contributed by atoms with Crippen LogP contribution in [-0.2, 0) is 6.54 Å². The summed E-state index contributed by atoms with van der Waals surface area (Å²) in [5.74, 6) is 0.807. The van der Waals surface area contributed by atoms with Crippen molar-refractivity contribution in [3.63, 3.8) is 0 Å². The minimum atomic E-state index is 0. The number of piperidine rings is 1. The smallest absolute Gasteiger partial charge is 0.180 e. The van der Waals surface area contributed by atoms with E-state index in [9.17, 15) is 0 Å². The number of anilines is 1. The lowest BCUT2D eigenvalue weighted by Crippen LogP contribution is -2.39. The van der Waals surface area contributed by atoms with E-state index in [0.717, 1.165) is 12.5 Å². The van der Waals surface area contributed by atoms with E-state index >= 15 is 0 Å². The number of likely N-dealkylation sites (tertiary alicyclic amines) is 1. The summed E-state index contributed by atoms with van der Waals surface area (Å²) in [7, 11) is 0. The van der Waals surface area contributed by atoms with Crippen LogP contribution in [0.5, 0.6) is 0 Å². The zero-order valence-electron chi connectivity index (χ0n) is 11.5. The molecular formula is C13H24ClN3S. The second-order valence-electron chi connectivity index (χ2n) is 6.11. The van der Waals surface area contributed by atoms with Crippen molar-refractivity contribution < 1.29 is 0 Å². The number of nitrogen functional groups attached to an aromatic ring is 1. The Morgan fingerprint density at radius 2 is 2.22 bits per heavy atom. The van der Waals surface area contributed by atoms with Gasteiger partial charge in [0, 0.05) is 24.2 Å². The highest BCUT2D eigenvalue weighted by molar-refractivity contribution is 7.15. The first-order valence-corrected chi connectivity index (χ1v) is 7.19. The summed E-state index contributed by atoms with van der Waals surface area (Å²) in [6, 6.07) is 0. The SMILES string of the molecule is CC(C)(C)C1CCCN(Cc2cnc(N)s2)C1.Cl. The molecule has 0 aromatic carbocycles. The fraction of sp³-hybridized carbons (Fsp3) is 0.769. The highest BCUT2D eigenvalue weighted by Gasteiger charge is 2.29. The van der Waals surface area contributed by atoms with E-state index < -0.39 is 0 Å². The van der Waals surface area contributed by atoms with Gasteiger partial charge in [-0.1, -0.05) is 20.8 Å². The molecule has 1 atom stereocenters. The zero-order valence-corrected chi connectivity index (χ0v) is 13.1. The molecule has 1 aromatic heterocycles. The maximum Gasteiger partial charge on any atom is 0.180 e. The van der Waals surface area contributed by atoms with Crippen molar-refractivity contribution >= 4 is 28.9 Å². The summed E-state index contributed by atoms with van der Waals surface area (Å²) >= 11 is 1.62. The van der Waals surface area contributed by atoms with Crippen LogP contribution in [0.25, 0.3) is 0 Å². The van der Waals surface area contributed by atoms with Crippen molar-refractivity contribution in [1.29, 1.82) is 0 Å². The Balaban J connectivity index is 0.00000162. The molecule has 1 aromatic rings. The Kier molecular flexibility index (Phi) is 5.44. The number of halogens is 1. The number of rotatable bonds is 2. The summed E-state index contributed by atoms with van der Waals surface area (Å²) in [6.07, 6.45) is 4.60. The van der Waals surface area contributed by atoms with Crippen LogP contribution in [0, 0.1) is 11.3 Å². The highest BCUT2D eigenvalue weighted by Crippen LogP contribution is 2.33. The normalized spacial score (nSPS) is 21.6. The number of nitrogens with zero attached hydrogens (tertiary/aromatic N) is 2. The van der Waals surface area contributed by atoms with Crippen LogP contribution in [0.3, 0.4) is 0 Å². The molecule has 1 aliphatic rings. The second-order valence-corrected chi connectivity index (χ2v) is 7.25. The third-order valence-electron chi connectivity index (χ3n) is 3.68. The number of hydrogen-bond donors (Lipinski definition) is 1. The minimum Gasteiger partial charge on any atom is -0.375 e. The lowest BCUT2D eigenvalue weighted by Gasteiger charge is -2.39. The van der Waals surface area contributed by atoms with Gasteiger partial charge in [0.15, 0.2) is 5.13 Å². The zero-order chi connectivity index (χ0) is 12.5. The molecule has 3 nitrogen and oxygen atoms in total.